The molecule has 2 heterocycles. The SMILES string of the molecule is Cc1onc(CN)c1N1CCCC1. The van der Waals surface area contributed by atoms with Crippen LogP contribution < -0.4 is 10.6 Å². The van der Waals surface area contributed by atoms with Gasteiger partial charge in [-0.25, -0.2) is 0 Å². The first-order valence-corrected chi connectivity index (χ1v) is 4.73. The largest absolute Gasteiger partial charge is 0.367 e. The summed E-state index contributed by atoms with van der Waals surface area (Å²) in [7, 11) is 0. The molecule has 2 rings (SSSR count). The van der Waals surface area contributed by atoms with Gasteiger partial charge < -0.3 is 15.2 Å². The van der Waals surface area contributed by atoms with Crippen LogP contribution >= 0.6 is 0 Å². The molecule has 0 unspecified atom stereocenters. The Morgan fingerprint density at radius 2 is 2.15 bits per heavy atom. The van der Waals surface area contributed by atoms with Gasteiger partial charge in [0.15, 0.2) is 5.76 Å². The first-order valence-electron chi connectivity index (χ1n) is 4.73. The van der Waals surface area contributed by atoms with Crippen molar-refractivity contribution in [2.75, 3.05) is 18.0 Å². The summed E-state index contributed by atoms with van der Waals surface area (Å²) in [6.45, 7) is 4.62. The lowest BCUT2D eigenvalue weighted by molar-refractivity contribution is 0.391. The Morgan fingerprint density at radius 3 is 2.77 bits per heavy atom. The smallest absolute Gasteiger partial charge is 0.157 e. The Hall–Kier alpha value is -1.03. The third kappa shape index (κ3) is 1.42. The highest BCUT2D eigenvalue weighted by Gasteiger charge is 2.20. The molecule has 0 radical (unpaired) electrons. The molecule has 0 aliphatic carbocycles. The third-order valence-electron chi connectivity index (χ3n) is 2.52. The lowest BCUT2D eigenvalue weighted by atomic mass is 10.3. The van der Waals surface area contributed by atoms with E-state index in [0.717, 1.165) is 30.2 Å². The molecular weight excluding hydrogens is 166 g/mol. The molecule has 1 saturated heterocycles. The van der Waals surface area contributed by atoms with Crippen LogP contribution in [0.3, 0.4) is 0 Å². The Labute approximate surface area is 77.7 Å². The molecule has 13 heavy (non-hydrogen) atoms. The van der Waals surface area contributed by atoms with Crippen LogP contribution in [0, 0.1) is 6.92 Å². The van der Waals surface area contributed by atoms with Gasteiger partial charge in [0.1, 0.15) is 11.4 Å². The average molecular weight is 181 g/mol. The van der Waals surface area contributed by atoms with E-state index in [1.54, 1.807) is 0 Å². The maximum absolute atomic E-state index is 5.58. The van der Waals surface area contributed by atoms with E-state index in [1.807, 2.05) is 6.92 Å². The number of aromatic nitrogens is 1. The van der Waals surface area contributed by atoms with Gasteiger partial charge >= 0.3 is 0 Å². The molecule has 4 heteroatoms. The number of hydrogen-bond acceptors (Lipinski definition) is 4. The molecule has 0 bridgehead atoms. The maximum Gasteiger partial charge on any atom is 0.157 e. The standard InChI is InChI=1S/C9H15N3O/c1-7-9(8(6-10)11-13-7)12-4-2-3-5-12/h2-6,10H2,1H3. The quantitative estimate of drug-likeness (QED) is 0.740. The summed E-state index contributed by atoms with van der Waals surface area (Å²) in [6, 6.07) is 0. The number of anilines is 1. The van der Waals surface area contributed by atoms with Gasteiger partial charge in [0, 0.05) is 19.6 Å². The van der Waals surface area contributed by atoms with Crippen molar-refractivity contribution in [1.29, 1.82) is 0 Å². The zero-order valence-corrected chi connectivity index (χ0v) is 7.92. The van der Waals surface area contributed by atoms with Crippen LogP contribution in [0.1, 0.15) is 24.3 Å². The van der Waals surface area contributed by atoms with Crippen molar-refractivity contribution in [2.24, 2.45) is 5.73 Å². The number of aryl methyl sites for hydroxylation is 1. The van der Waals surface area contributed by atoms with Crippen LogP contribution in [-0.4, -0.2) is 18.2 Å². The van der Waals surface area contributed by atoms with Gasteiger partial charge in [0.25, 0.3) is 0 Å². The van der Waals surface area contributed by atoms with Crippen LogP contribution in [0.15, 0.2) is 4.52 Å². The van der Waals surface area contributed by atoms with E-state index < -0.39 is 0 Å². The van der Waals surface area contributed by atoms with Crippen LogP contribution in [0.2, 0.25) is 0 Å². The van der Waals surface area contributed by atoms with Crippen molar-refractivity contribution in [3.05, 3.63) is 11.5 Å². The first-order chi connectivity index (χ1) is 6.33. The fraction of sp³-hybridized carbons (Fsp3) is 0.667. The van der Waals surface area contributed by atoms with E-state index in [1.165, 1.54) is 12.8 Å². The molecule has 0 aromatic carbocycles. The van der Waals surface area contributed by atoms with Gasteiger partial charge in [0.05, 0.1) is 0 Å². The predicted octanol–water partition coefficient (Wildman–Crippen LogP) is 1.04. The van der Waals surface area contributed by atoms with Crippen molar-refractivity contribution < 1.29 is 4.52 Å². The van der Waals surface area contributed by atoms with Crippen molar-refractivity contribution in [3.63, 3.8) is 0 Å². The number of nitrogens with zero attached hydrogens (tertiary/aromatic N) is 2. The zero-order valence-electron chi connectivity index (χ0n) is 7.92. The Balaban J connectivity index is 2.30. The van der Waals surface area contributed by atoms with Crippen molar-refractivity contribution >= 4 is 5.69 Å². The Bertz CT molecular complexity index is 289. The molecule has 72 valence electrons. The van der Waals surface area contributed by atoms with Gasteiger partial charge in [-0.15, -0.1) is 0 Å². The van der Waals surface area contributed by atoms with Gasteiger partial charge in [-0.1, -0.05) is 5.16 Å². The van der Waals surface area contributed by atoms with Crippen LogP contribution in [-0.2, 0) is 6.54 Å². The Morgan fingerprint density at radius 1 is 1.46 bits per heavy atom. The van der Waals surface area contributed by atoms with E-state index in [2.05, 4.69) is 10.1 Å². The number of hydrogen-bond donors (Lipinski definition) is 1. The summed E-state index contributed by atoms with van der Waals surface area (Å²) < 4.78 is 5.13. The molecule has 4 nitrogen and oxygen atoms in total. The highest BCUT2D eigenvalue weighted by Crippen LogP contribution is 2.27. The van der Waals surface area contributed by atoms with Crippen LogP contribution in [0.5, 0.6) is 0 Å². The van der Waals surface area contributed by atoms with Crippen molar-refractivity contribution in [2.45, 2.75) is 26.3 Å². The molecule has 1 aromatic heterocycles. The van der Waals surface area contributed by atoms with E-state index in [4.69, 9.17) is 10.3 Å². The molecule has 0 saturated carbocycles. The second kappa shape index (κ2) is 3.38. The highest BCUT2D eigenvalue weighted by atomic mass is 16.5. The topological polar surface area (TPSA) is 55.3 Å². The predicted molar refractivity (Wildman–Crippen MR) is 50.6 cm³/mol. The van der Waals surface area contributed by atoms with E-state index in [-0.39, 0.29) is 0 Å². The molecule has 2 N–H and O–H groups in total. The van der Waals surface area contributed by atoms with E-state index in [0.29, 0.717) is 6.54 Å². The van der Waals surface area contributed by atoms with Gasteiger partial charge in [0.2, 0.25) is 0 Å². The minimum absolute atomic E-state index is 0.461. The van der Waals surface area contributed by atoms with Crippen LogP contribution in [0.4, 0.5) is 5.69 Å². The fourth-order valence-electron chi connectivity index (χ4n) is 1.89. The molecule has 1 fully saturated rings. The summed E-state index contributed by atoms with van der Waals surface area (Å²) in [6.07, 6.45) is 2.52. The fourth-order valence-corrected chi connectivity index (χ4v) is 1.89. The van der Waals surface area contributed by atoms with Crippen LogP contribution in [0.25, 0.3) is 0 Å². The first kappa shape index (κ1) is 8.56. The molecule has 1 aliphatic rings. The molecule has 1 aliphatic heterocycles. The van der Waals surface area contributed by atoms with E-state index >= 15 is 0 Å². The monoisotopic (exact) mass is 181 g/mol. The minimum atomic E-state index is 0.461. The summed E-state index contributed by atoms with van der Waals surface area (Å²) in [4.78, 5) is 2.31. The number of nitrogens with two attached hydrogens (primary N) is 1. The third-order valence-corrected chi connectivity index (χ3v) is 2.52. The summed E-state index contributed by atoms with van der Waals surface area (Å²) in [5, 5.41) is 3.94. The number of rotatable bonds is 2. The lowest BCUT2D eigenvalue weighted by Gasteiger charge is -2.16. The molecule has 0 spiro atoms. The summed E-state index contributed by atoms with van der Waals surface area (Å²) >= 11 is 0. The molecule has 0 amide bonds. The highest BCUT2D eigenvalue weighted by molar-refractivity contribution is 5.53. The van der Waals surface area contributed by atoms with Gasteiger partial charge in [-0.05, 0) is 19.8 Å². The zero-order chi connectivity index (χ0) is 9.26. The second-order valence-corrected chi connectivity index (χ2v) is 3.43. The van der Waals surface area contributed by atoms with Gasteiger partial charge in [-0.3, -0.25) is 0 Å². The van der Waals surface area contributed by atoms with Gasteiger partial charge in [-0.2, -0.15) is 0 Å². The molecule has 0 atom stereocenters. The molecular formula is C9H15N3O. The average Bonchev–Trinajstić information content (AvgIpc) is 2.72. The Kier molecular flexibility index (Phi) is 2.22. The molecule has 1 aromatic rings. The normalized spacial score (nSPS) is 16.9. The van der Waals surface area contributed by atoms with Crippen molar-refractivity contribution in [3.8, 4) is 0 Å². The second-order valence-electron chi connectivity index (χ2n) is 3.43. The minimum Gasteiger partial charge on any atom is -0.367 e. The van der Waals surface area contributed by atoms with Crippen molar-refractivity contribution in [1.82, 2.24) is 5.16 Å². The summed E-state index contributed by atoms with van der Waals surface area (Å²) in [5.41, 5.74) is 7.60. The van der Waals surface area contributed by atoms with E-state index in [9.17, 15) is 0 Å². The lowest BCUT2D eigenvalue weighted by Crippen LogP contribution is -2.20. The summed E-state index contributed by atoms with van der Waals surface area (Å²) in [5.74, 6) is 0.891. The maximum atomic E-state index is 5.58.